The monoisotopic (exact) mass is 555 g/mol. The number of aliphatic hydroxyl groups excluding tert-OH is 1. The minimum Gasteiger partial charge on any atom is -0.371 e. The van der Waals surface area contributed by atoms with Crippen molar-refractivity contribution in [2.24, 2.45) is 11.8 Å². The fraction of sp³-hybridized carbons (Fsp3) is 0.559. The van der Waals surface area contributed by atoms with Crippen molar-refractivity contribution in [2.45, 2.75) is 102 Å². The number of benzene rings is 1. The van der Waals surface area contributed by atoms with Crippen molar-refractivity contribution in [2.75, 3.05) is 11.4 Å². The lowest BCUT2D eigenvalue weighted by molar-refractivity contribution is -0.124. The van der Waals surface area contributed by atoms with E-state index in [9.17, 15) is 15.2 Å². The van der Waals surface area contributed by atoms with E-state index in [0.29, 0.717) is 24.8 Å². The van der Waals surface area contributed by atoms with Gasteiger partial charge in [0.25, 0.3) is 0 Å². The van der Waals surface area contributed by atoms with E-state index in [1.54, 1.807) is 17.3 Å². The van der Waals surface area contributed by atoms with Gasteiger partial charge in [0.2, 0.25) is 5.91 Å². The first-order valence-corrected chi connectivity index (χ1v) is 15.4. The molecule has 2 fully saturated rings. The zero-order valence-electron chi connectivity index (χ0n) is 24.7. The first kappa shape index (κ1) is 29.1. The zero-order valence-corrected chi connectivity index (χ0v) is 24.7. The molecule has 3 aliphatic rings. The smallest absolute Gasteiger partial charge is 0.247 e. The van der Waals surface area contributed by atoms with E-state index in [0.717, 1.165) is 49.8 Å². The normalized spacial score (nSPS) is 24.6. The number of nitriles is 1. The van der Waals surface area contributed by atoms with Crippen molar-refractivity contribution < 1.29 is 9.90 Å². The Morgan fingerprint density at radius 1 is 1.15 bits per heavy atom. The van der Waals surface area contributed by atoms with Crippen LogP contribution in [-0.2, 0) is 10.2 Å². The van der Waals surface area contributed by atoms with Crippen molar-refractivity contribution in [1.82, 2.24) is 15.2 Å². The summed E-state index contributed by atoms with van der Waals surface area (Å²) >= 11 is 0. The number of carbonyl (C=O) groups is 1. The molecule has 0 bridgehead atoms. The Kier molecular flexibility index (Phi) is 8.99. The number of likely N-dealkylation sites (tertiary alicyclic amines) is 1. The van der Waals surface area contributed by atoms with E-state index in [-0.39, 0.29) is 17.4 Å². The maximum absolute atomic E-state index is 14.2. The number of amides is 1. The number of carbonyl (C=O) groups excluding carboxylic acids is 1. The highest BCUT2D eigenvalue weighted by molar-refractivity contribution is 5.87. The van der Waals surface area contributed by atoms with Gasteiger partial charge in [-0.1, -0.05) is 70.4 Å². The molecule has 2 N–H and O–H groups in total. The molecule has 0 spiro atoms. The van der Waals surface area contributed by atoms with E-state index in [4.69, 9.17) is 0 Å². The molecule has 7 nitrogen and oxygen atoms in total. The van der Waals surface area contributed by atoms with Crippen LogP contribution in [0.5, 0.6) is 0 Å². The minimum atomic E-state index is -1.08. The van der Waals surface area contributed by atoms with Gasteiger partial charge in [-0.25, -0.2) is 0 Å². The summed E-state index contributed by atoms with van der Waals surface area (Å²) in [5, 5.41) is 25.8. The number of hydrogen-bond acceptors (Lipinski definition) is 6. The second-order valence-corrected chi connectivity index (χ2v) is 13.1. The van der Waals surface area contributed by atoms with Gasteiger partial charge < -0.3 is 20.2 Å². The van der Waals surface area contributed by atoms with Crippen LogP contribution >= 0.6 is 0 Å². The van der Waals surface area contributed by atoms with E-state index in [1.807, 2.05) is 29.2 Å². The molecule has 5 atom stereocenters. The summed E-state index contributed by atoms with van der Waals surface area (Å²) in [6.07, 6.45) is 17.3. The first-order chi connectivity index (χ1) is 19.8. The second kappa shape index (κ2) is 12.7. The Bertz CT molecular complexity index is 1230. The largest absolute Gasteiger partial charge is 0.371 e. The van der Waals surface area contributed by atoms with Crippen LogP contribution in [0.25, 0.3) is 0 Å². The van der Waals surface area contributed by atoms with Crippen LogP contribution < -0.4 is 10.2 Å². The summed E-state index contributed by atoms with van der Waals surface area (Å²) in [7, 11) is 0. The van der Waals surface area contributed by atoms with Crippen LogP contribution in [0.1, 0.15) is 89.3 Å². The van der Waals surface area contributed by atoms with Crippen LogP contribution in [0.3, 0.4) is 0 Å². The highest BCUT2D eigenvalue weighted by atomic mass is 16.3. The quantitative estimate of drug-likeness (QED) is 0.254. The number of nitrogens with zero attached hydrogens (tertiary/aromatic N) is 4. The fourth-order valence-electron chi connectivity index (χ4n) is 6.93. The summed E-state index contributed by atoms with van der Waals surface area (Å²) in [4.78, 5) is 22.2. The van der Waals surface area contributed by atoms with Gasteiger partial charge in [-0.05, 0) is 73.1 Å². The topological polar surface area (TPSA) is 92.5 Å². The molecule has 5 rings (SSSR count). The Morgan fingerprint density at radius 3 is 2.56 bits per heavy atom. The van der Waals surface area contributed by atoms with Crippen molar-refractivity contribution in [1.29, 1.82) is 5.26 Å². The number of hydrogen-bond donors (Lipinski definition) is 2. The third-order valence-electron chi connectivity index (χ3n) is 9.31. The molecule has 1 saturated carbocycles. The third-order valence-corrected chi connectivity index (χ3v) is 9.31. The summed E-state index contributed by atoms with van der Waals surface area (Å²) < 4.78 is 0. The van der Waals surface area contributed by atoms with Gasteiger partial charge in [0.15, 0.2) is 6.19 Å². The molecule has 1 amide bonds. The summed E-state index contributed by atoms with van der Waals surface area (Å²) in [6, 6.07) is 10.8. The number of piperidine rings is 1. The molecule has 3 unspecified atom stereocenters. The summed E-state index contributed by atoms with van der Waals surface area (Å²) in [5.74, 6) is 0.582. The molecule has 1 aromatic carbocycles. The second-order valence-electron chi connectivity index (χ2n) is 13.1. The summed E-state index contributed by atoms with van der Waals surface area (Å²) in [6.45, 7) is 7.10. The number of nitrogens with one attached hydrogen (secondary N) is 1. The molecule has 1 saturated heterocycles. The number of aromatic nitrogens is 1. The van der Waals surface area contributed by atoms with Crippen molar-refractivity contribution >= 4 is 11.6 Å². The van der Waals surface area contributed by atoms with E-state index >= 15 is 0 Å². The lowest BCUT2D eigenvalue weighted by atomic mass is 9.76. The molecule has 1 aromatic heterocycles. The van der Waals surface area contributed by atoms with Crippen LogP contribution in [0, 0.1) is 23.3 Å². The van der Waals surface area contributed by atoms with Crippen LogP contribution in [0.15, 0.2) is 60.9 Å². The molecular weight excluding hydrogens is 510 g/mol. The van der Waals surface area contributed by atoms with Gasteiger partial charge >= 0.3 is 0 Å². The van der Waals surface area contributed by atoms with Crippen molar-refractivity contribution in [3.63, 3.8) is 0 Å². The van der Waals surface area contributed by atoms with Gasteiger partial charge in [-0.3, -0.25) is 9.78 Å². The molecule has 1 aliphatic heterocycles. The third kappa shape index (κ3) is 6.59. The van der Waals surface area contributed by atoms with E-state index < -0.39 is 18.3 Å². The van der Waals surface area contributed by atoms with Crippen molar-refractivity contribution in [3.05, 3.63) is 72.1 Å². The number of anilines is 1. The lowest BCUT2D eigenvalue weighted by Crippen LogP contribution is -2.58. The van der Waals surface area contributed by atoms with Crippen LogP contribution in [0.4, 0.5) is 5.69 Å². The van der Waals surface area contributed by atoms with Gasteiger partial charge in [0.1, 0.15) is 12.3 Å². The predicted octanol–water partition coefficient (Wildman–Crippen LogP) is 5.83. The average molecular weight is 556 g/mol. The number of pyridine rings is 1. The van der Waals surface area contributed by atoms with E-state index in [2.05, 4.69) is 61.5 Å². The fourth-order valence-corrected chi connectivity index (χ4v) is 6.93. The number of aliphatic hydroxyl groups is 1. The van der Waals surface area contributed by atoms with E-state index in [1.165, 1.54) is 12.0 Å². The van der Waals surface area contributed by atoms with Gasteiger partial charge in [-0.15, -0.1) is 0 Å². The molecule has 7 heteroatoms. The van der Waals surface area contributed by atoms with Gasteiger partial charge in [0, 0.05) is 36.2 Å². The highest BCUT2D eigenvalue weighted by Crippen LogP contribution is 2.40. The Morgan fingerprint density at radius 2 is 1.90 bits per heavy atom. The molecule has 2 heterocycles. The summed E-state index contributed by atoms with van der Waals surface area (Å²) in [5.41, 5.74) is 2.61. The maximum Gasteiger partial charge on any atom is 0.247 e. The van der Waals surface area contributed by atoms with Crippen molar-refractivity contribution in [3.8, 4) is 6.19 Å². The Labute approximate surface area is 245 Å². The molecule has 2 aromatic rings. The minimum absolute atomic E-state index is 0.0342. The molecular formula is C34H45N5O2. The average Bonchev–Trinajstić information content (AvgIpc) is 2.99. The van der Waals surface area contributed by atoms with Crippen LogP contribution in [-0.4, -0.2) is 45.8 Å². The van der Waals surface area contributed by atoms with Gasteiger partial charge in [-0.2, -0.15) is 5.26 Å². The molecule has 41 heavy (non-hydrogen) atoms. The number of allylic oxidation sites excluding steroid dienone is 1. The Balaban J connectivity index is 1.56. The Hall–Kier alpha value is -3.37. The number of fused-ring (bicyclic) bond motifs is 1. The SMILES string of the molecule is CC(C)(C)c1ccc(N(C(O)[C@H]2CC3CCC=CC3CN2C#N)[C@H](C(=O)NC2CCCCC2)c2cccnc2)cc1. The molecule has 0 radical (unpaired) electrons. The first-order valence-electron chi connectivity index (χ1n) is 15.4. The molecule has 218 valence electrons. The maximum atomic E-state index is 14.2. The lowest BCUT2D eigenvalue weighted by Gasteiger charge is -2.48. The van der Waals surface area contributed by atoms with Crippen LogP contribution in [0.2, 0.25) is 0 Å². The highest BCUT2D eigenvalue weighted by Gasteiger charge is 2.44. The predicted molar refractivity (Wildman–Crippen MR) is 162 cm³/mol. The van der Waals surface area contributed by atoms with Gasteiger partial charge in [0.05, 0.1) is 6.04 Å². The standard InChI is InChI=1S/C34H45N5O2/c1-34(2,3)27-15-17-29(18-16-27)39(33(41)30-20-24-10-7-8-11-26(24)22-38(30)23-35)31(25-12-9-19-36-21-25)32(40)37-28-13-5-4-6-14-28/h8-9,11-12,15-19,21,24,26,28,30-31,33,41H,4-7,10,13-14,20,22H2,1-3H3,(H,37,40)/t24?,26?,30-,31+,33?/m1/s1. The molecule has 2 aliphatic carbocycles. The zero-order chi connectivity index (χ0) is 29.0. The number of rotatable bonds is 7.